The summed E-state index contributed by atoms with van der Waals surface area (Å²) in [4.78, 5) is 32.0. The van der Waals surface area contributed by atoms with E-state index in [0.717, 1.165) is 11.1 Å². The third-order valence-corrected chi connectivity index (χ3v) is 5.38. The molecule has 1 aliphatic heterocycles. The standard InChI is InChI=1S/C25H26N2O4/c1-16-8-10-19(11-9-16)23-12-21(20-6-4-5-7-22(20)26-23)25(29)30-15-24(28)27-13-17(2)31-18(3)14-27/h4-12,17-18H,13-15H2,1-3H3/t17-,18-/m0/s1. The van der Waals surface area contributed by atoms with Gasteiger partial charge in [0.15, 0.2) is 6.61 Å². The van der Waals surface area contributed by atoms with E-state index in [1.807, 2.05) is 69.3 Å². The number of aromatic nitrogens is 1. The number of hydrogen-bond acceptors (Lipinski definition) is 5. The van der Waals surface area contributed by atoms with Crippen LogP contribution >= 0.6 is 0 Å². The Labute approximate surface area is 181 Å². The number of nitrogens with zero attached hydrogens (tertiary/aromatic N) is 2. The second kappa shape index (κ2) is 8.86. The van der Waals surface area contributed by atoms with Crippen LogP contribution in [-0.4, -0.2) is 53.7 Å². The van der Waals surface area contributed by atoms with E-state index in [2.05, 4.69) is 0 Å². The number of esters is 1. The number of carbonyl (C=O) groups excluding carboxylic acids is 2. The molecule has 0 bridgehead atoms. The van der Waals surface area contributed by atoms with Crippen molar-refractivity contribution in [3.8, 4) is 11.3 Å². The molecule has 4 rings (SSSR count). The quantitative estimate of drug-likeness (QED) is 0.599. The van der Waals surface area contributed by atoms with Crippen molar-refractivity contribution >= 4 is 22.8 Å². The van der Waals surface area contributed by atoms with Gasteiger partial charge in [-0.15, -0.1) is 0 Å². The molecule has 160 valence electrons. The second-order valence-corrected chi connectivity index (χ2v) is 8.07. The number of ether oxygens (including phenoxy) is 2. The number of fused-ring (bicyclic) bond motifs is 1. The molecule has 0 spiro atoms. The van der Waals surface area contributed by atoms with Crippen LogP contribution in [0.3, 0.4) is 0 Å². The molecule has 0 saturated carbocycles. The number of hydrogen-bond donors (Lipinski definition) is 0. The molecule has 1 aliphatic rings. The summed E-state index contributed by atoms with van der Waals surface area (Å²) < 4.78 is 11.1. The highest BCUT2D eigenvalue weighted by Gasteiger charge is 2.27. The van der Waals surface area contributed by atoms with Gasteiger partial charge >= 0.3 is 5.97 Å². The summed E-state index contributed by atoms with van der Waals surface area (Å²) in [5.74, 6) is -0.748. The van der Waals surface area contributed by atoms with Gasteiger partial charge in [-0.1, -0.05) is 48.0 Å². The predicted molar refractivity (Wildman–Crippen MR) is 119 cm³/mol. The highest BCUT2D eigenvalue weighted by Crippen LogP contribution is 2.26. The van der Waals surface area contributed by atoms with E-state index >= 15 is 0 Å². The summed E-state index contributed by atoms with van der Waals surface area (Å²) >= 11 is 0. The Morgan fingerprint density at radius 1 is 1.06 bits per heavy atom. The molecule has 3 aromatic rings. The summed E-state index contributed by atoms with van der Waals surface area (Å²) in [6.07, 6.45) is -0.0748. The molecule has 0 N–H and O–H groups in total. The summed E-state index contributed by atoms with van der Waals surface area (Å²) in [6.45, 7) is 6.57. The lowest BCUT2D eigenvalue weighted by Crippen LogP contribution is -2.49. The lowest BCUT2D eigenvalue weighted by Gasteiger charge is -2.35. The lowest BCUT2D eigenvalue weighted by molar-refractivity contribution is -0.146. The molecule has 1 aromatic heterocycles. The van der Waals surface area contributed by atoms with Crippen molar-refractivity contribution in [3.05, 3.63) is 65.7 Å². The molecule has 1 amide bonds. The van der Waals surface area contributed by atoms with Gasteiger partial charge in [-0.05, 0) is 32.9 Å². The number of morpholine rings is 1. The summed E-state index contributed by atoms with van der Waals surface area (Å²) in [7, 11) is 0. The normalized spacial score (nSPS) is 18.7. The highest BCUT2D eigenvalue weighted by atomic mass is 16.5. The molecular formula is C25H26N2O4. The van der Waals surface area contributed by atoms with Crippen molar-refractivity contribution in [1.82, 2.24) is 9.88 Å². The topological polar surface area (TPSA) is 68.7 Å². The maximum Gasteiger partial charge on any atom is 0.339 e. The van der Waals surface area contributed by atoms with E-state index in [1.165, 1.54) is 0 Å². The van der Waals surface area contributed by atoms with Crippen molar-refractivity contribution in [2.24, 2.45) is 0 Å². The molecule has 2 atom stereocenters. The molecule has 6 nitrogen and oxygen atoms in total. The minimum Gasteiger partial charge on any atom is -0.452 e. The summed E-state index contributed by atoms with van der Waals surface area (Å²) in [6, 6.07) is 17.1. The maximum absolute atomic E-state index is 13.0. The monoisotopic (exact) mass is 418 g/mol. The molecule has 0 radical (unpaired) electrons. The van der Waals surface area contributed by atoms with Gasteiger partial charge in [-0.25, -0.2) is 9.78 Å². The third kappa shape index (κ3) is 4.75. The van der Waals surface area contributed by atoms with Crippen LogP contribution in [0.1, 0.15) is 29.8 Å². The van der Waals surface area contributed by atoms with Gasteiger partial charge in [-0.3, -0.25) is 4.79 Å². The van der Waals surface area contributed by atoms with Crippen LogP contribution < -0.4 is 0 Å². The predicted octanol–water partition coefficient (Wildman–Crippen LogP) is 4.00. The largest absolute Gasteiger partial charge is 0.452 e. The Balaban J connectivity index is 1.57. The zero-order chi connectivity index (χ0) is 22.0. The first-order valence-corrected chi connectivity index (χ1v) is 10.5. The van der Waals surface area contributed by atoms with Gasteiger partial charge in [0.2, 0.25) is 0 Å². The van der Waals surface area contributed by atoms with E-state index in [4.69, 9.17) is 14.5 Å². The molecule has 1 fully saturated rings. The first-order chi connectivity index (χ1) is 14.9. The third-order valence-electron chi connectivity index (χ3n) is 5.38. The molecule has 6 heteroatoms. The van der Waals surface area contributed by atoms with E-state index < -0.39 is 5.97 Å². The fourth-order valence-electron chi connectivity index (χ4n) is 3.89. The Kier molecular flexibility index (Phi) is 6.00. The fraction of sp³-hybridized carbons (Fsp3) is 0.320. The Bertz CT molecular complexity index is 1100. The van der Waals surface area contributed by atoms with Gasteiger partial charge in [0.1, 0.15) is 0 Å². The lowest BCUT2D eigenvalue weighted by atomic mass is 10.0. The minimum atomic E-state index is -0.533. The van der Waals surface area contributed by atoms with Crippen molar-refractivity contribution in [3.63, 3.8) is 0 Å². The van der Waals surface area contributed by atoms with Gasteiger partial charge < -0.3 is 14.4 Å². The number of para-hydroxylation sites is 1. The van der Waals surface area contributed by atoms with Crippen molar-refractivity contribution in [1.29, 1.82) is 0 Å². The van der Waals surface area contributed by atoms with E-state index in [-0.39, 0.29) is 24.7 Å². The maximum atomic E-state index is 13.0. The number of carbonyl (C=O) groups is 2. The van der Waals surface area contributed by atoms with E-state index in [1.54, 1.807) is 11.0 Å². The van der Waals surface area contributed by atoms with Crippen LogP contribution in [0, 0.1) is 6.92 Å². The first-order valence-electron chi connectivity index (χ1n) is 10.5. The zero-order valence-electron chi connectivity index (χ0n) is 18.0. The molecule has 0 unspecified atom stereocenters. The van der Waals surface area contributed by atoms with Crippen LogP contribution in [0.2, 0.25) is 0 Å². The highest BCUT2D eigenvalue weighted by molar-refractivity contribution is 6.05. The van der Waals surface area contributed by atoms with Crippen LogP contribution in [0.4, 0.5) is 0 Å². The number of pyridine rings is 1. The molecule has 2 heterocycles. The zero-order valence-corrected chi connectivity index (χ0v) is 18.0. The summed E-state index contributed by atoms with van der Waals surface area (Å²) in [5.41, 5.74) is 3.85. The van der Waals surface area contributed by atoms with Crippen LogP contribution in [-0.2, 0) is 14.3 Å². The van der Waals surface area contributed by atoms with Gasteiger partial charge in [-0.2, -0.15) is 0 Å². The molecule has 0 aliphatic carbocycles. The number of aryl methyl sites for hydroxylation is 1. The minimum absolute atomic E-state index is 0.0374. The average Bonchev–Trinajstić information content (AvgIpc) is 2.76. The van der Waals surface area contributed by atoms with Gasteiger partial charge in [0, 0.05) is 24.0 Å². The average molecular weight is 418 g/mol. The first kappa shape index (κ1) is 21.0. The fourth-order valence-corrected chi connectivity index (χ4v) is 3.89. The number of rotatable bonds is 4. The van der Waals surface area contributed by atoms with E-state index in [9.17, 15) is 9.59 Å². The van der Waals surface area contributed by atoms with Crippen LogP contribution in [0.5, 0.6) is 0 Å². The molecule has 31 heavy (non-hydrogen) atoms. The van der Waals surface area contributed by atoms with Crippen molar-refractivity contribution < 1.29 is 19.1 Å². The van der Waals surface area contributed by atoms with Gasteiger partial charge in [0.05, 0.1) is 29.0 Å². The Morgan fingerprint density at radius 2 is 1.74 bits per heavy atom. The molecule has 2 aromatic carbocycles. The summed E-state index contributed by atoms with van der Waals surface area (Å²) in [5, 5.41) is 0.699. The molecule has 1 saturated heterocycles. The van der Waals surface area contributed by atoms with Crippen LogP contribution in [0.15, 0.2) is 54.6 Å². The molecular weight excluding hydrogens is 392 g/mol. The number of amides is 1. The SMILES string of the molecule is Cc1ccc(-c2cc(C(=O)OCC(=O)N3C[C@H](C)O[C@@H](C)C3)c3ccccc3n2)cc1. The van der Waals surface area contributed by atoms with Crippen molar-refractivity contribution in [2.75, 3.05) is 19.7 Å². The smallest absolute Gasteiger partial charge is 0.339 e. The second-order valence-electron chi connectivity index (χ2n) is 8.07. The van der Waals surface area contributed by atoms with Crippen molar-refractivity contribution in [2.45, 2.75) is 33.0 Å². The van der Waals surface area contributed by atoms with E-state index in [0.29, 0.717) is 35.2 Å². The Hall–Kier alpha value is -3.25. The number of benzene rings is 2. The van der Waals surface area contributed by atoms with Crippen LogP contribution in [0.25, 0.3) is 22.2 Å². The Morgan fingerprint density at radius 3 is 2.45 bits per heavy atom. The van der Waals surface area contributed by atoms with Gasteiger partial charge in [0.25, 0.3) is 5.91 Å².